The first kappa shape index (κ1) is 16.7. The molecular formula is C18H23N3O3. The van der Waals surface area contributed by atoms with Gasteiger partial charge in [0.1, 0.15) is 0 Å². The molecule has 1 atom stereocenters. The Morgan fingerprint density at radius 3 is 3.04 bits per heavy atom. The van der Waals surface area contributed by atoms with Crippen LogP contribution < -0.4 is 5.32 Å². The smallest absolute Gasteiger partial charge is 0.226 e. The molecule has 6 nitrogen and oxygen atoms in total. The van der Waals surface area contributed by atoms with Crippen LogP contribution in [-0.4, -0.2) is 35.0 Å². The quantitative estimate of drug-likeness (QED) is 0.756. The Kier molecular flexibility index (Phi) is 5.98. The largest absolute Gasteiger partial charge is 0.376 e. The van der Waals surface area contributed by atoms with Crippen molar-refractivity contribution in [2.45, 2.75) is 38.5 Å². The molecule has 1 aliphatic rings. The van der Waals surface area contributed by atoms with Gasteiger partial charge in [-0.1, -0.05) is 30.3 Å². The van der Waals surface area contributed by atoms with Gasteiger partial charge < -0.3 is 14.8 Å². The van der Waals surface area contributed by atoms with E-state index < -0.39 is 0 Å². The predicted octanol–water partition coefficient (Wildman–Crippen LogP) is 2.61. The van der Waals surface area contributed by atoms with Crippen LogP contribution in [0.3, 0.4) is 0 Å². The molecule has 1 fully saturated rings. The zero-order chi connectivity index (χ0) is 16.6. The molecule has 1 saturated heterocycles. The molecule has 128 valence electrons. The first-order valence-electron chi connectivity index (χ1n) is 8.35. The van der Waals surface area contributed by atoms with E-state index in [9.17, 15) is 4.79 Å². The topological polar surface area (TPSA) is 65.4 Å². The van der Waals surface area contributed by atoms with Gasteiger partial charge in [-0.2, -0.15) is 5.10 Å². The van der Waals surface area contributed by atoms with E-state index in [0.29, 0.717) is 25.3 Å². The molecule has 1 aromatic heterocycles. The van der Waals surface area contributed by atoms with E-state index in [1.54, 1.807) is 6.20 Å². The second kappa shape index (κ2) is 8.61. The van der Waals surface area contributed by atoms with Crippen LogP contribution in [0.5, 0.6) is 0 Å². The number of rotatable bonds is 8. The summed E-state index contributed by atoms with van der Waals surface area (Å²) in [5.74, 6) is -0.0697. The lowest BCUT2D eigenvalue weighted by atomic mass is 10.2. The molecule has 2 heterocycles. The minimum Gasteiger partial charge on any atom is -0.376 e. The fourth-order valence-corrected chi connectivity index (χ4v) is 2.68. The lowest BCUT2D eigenvalue weighted by molar-refractivity contribution is -0.117. The summed E-state index contributed by atoms with van der Waals surface area (Å²) in [4.78, 5) is 11.9. The highest BCUT2D eigenvalue weighted by Crippen LogP contribution is 2.15. The number of hydrogen-bond acceptors (Lipinski definition) is 4. The van der Waals surface area contributed by atoms with Crippen molar-refractivity contribution < 1.29 is 14.3 Å². The van der Waals surface area contributed by atoms with Crippen molar-refractivity contribution in [1.29, 1.82) is 0 Å². The summed E-state index contributed by atoms with van der Waals surface area (Å²) in [7, 11) is 0. The van der Waals surface area contributed by atoms with Gasteiger partial charge in [0.2, 0.25) is 5.91 Å². The zero-order valence-corrected chi connectivity index (χ0v) is 13.7. The molecule has 6 heteroatoms. The second-order valence-corrected chi connectivity index (χ2v) is 5.92. The number of ether oxygens (including phenoxy) is 2. The lowest BCUT2D eigenvalue weighted by Gasteiger charge is -2.08. The molecule has 0 aliphatic carbocycles. The molecule has 1 N–H and O–H groups in total. The number of nitrogens with zero attached hydrogens (tertiary/aromatic N) is 2. The minimum absolute atomic E-state index is 0.0697. The molecule has 1 amide bonds. The number of carbonyl (C=O) groups excluding carboxylic acids is 1. The molecular weight excluding hydrogens is 306 g/mol. The van der Waals surface area contributed by atoms with Gasteiger partial charge in [-0.25, -0.2) is 0 Å². The standard InChI is InChI=1S/C18H23N3O3/c22-18(8-10-23-14-15-5-2-1-3-6-15)20-16-11-19-21(12-16)13-17-7-4-9-24-17/h1-3,5-6,11-12,17H,4,7-10,13-14H2,(H,20,22)/t17-/m1/s1. The Morgan fingerprint density at radius 2 is 2.25 bits per heavy atom. The van der Waals surface area contributed by atoms with E-state index >= 15 is 0 Å². The number of nitrogens with one attached hydrogen (secondary N) is 1. The first-order valence-corrected chi connectivity index (χ1v) is 8.35. The highest BCUT2D eigenvalue weighted by Gasteiger charge is 2.16. The monoisotopic (exact) mass is 329 g/mol. The van der Waals surface area contributed by atoms with Crippen molar-refractivity contribution in [2.24, 2.45) is 0 Å². The van der Waals surface area contributed by atoms with Gasteiger partial charge in [-0.15, -0.1) is 0 Å². The van der Waals surface area contributed by atoms with E-state index in [0.717, 1.165) is 31.6 Å². The van der Waals surface area contributed by atoms with Gasteiger partial charge in [-0.05, 0) is 18.4 Å². The minimum atomic E-state index is -0.0697. The van der Waals surface area contributed by atoms with Crippen LogP contribution in [-0.2, 0) is 27.4 Å². The first-order chi connectivity index (χ1) is 11.8. The third-order valence-corrected chi connectivity index (χ3v) is 3.92. The highest BCUT2D eigenvalue weighted by atomic mass is 16.5. The Labute approximate surface area is 141 Å². The van der Waals surface area contributed by atoms with Gasteiger partial charge in [0, 0.05) is 12.8 Å². The van der Waals surface area contributed by atoms with E-state index in [4.69, 9.17) is 9.47 Å². The van der Waals surface area contributed by atoms with Crippen LogP contribution in [0.15, 0.2) is 42.7 Å². The number of amides is 1. The molecule has 0 spiro atoms. The van der Waals surface area contributed by atoms with Crippen molar-refractivity contribution in [3.8, 4) is 0 Å². The Bertz CT molecular complexity index is 636. The van der Waals surface area contributed by atoms with Crippen LogP contribution in [0.1, 0.15) is 24.8 Å². The number of anilines is 1. The summed E-state index contributed by atoms with van der Waals surface area (Å²) in [6.45, 7) is 2.48. The summed E-state index contributed by atoms with van der Waals surface area (Å²) in [6.07, 6.45) is 6.24. The van der Waals surface area contributed by atoms with Gasteiger partial charge >= 0.3 is 0 Å². The van der Waals surface area contributed by atoms with Crippen molar-refractivity contribution in [2.75, 3.05) is 18.5 Å². The fraction of sp³-hybridized carbons (Fsp3) is 0.444. The van der Waals surface area contributed by atoms with E-state index in [1.807, 2.05) is 41.2 Å². The summed E-state index contributed by atoms with van der Waals surface area (Å²) in [5, 5.41) is 7.10. The van der Waals surface area contributed by atoms with Crippen LogP contribution in [0.25, 0.3) is 0 Å². The molecule has 0 unspecified atom stereocenters. The fourth-order valence-electron chi connectivity index (χ4n) is 2.68. The lowest BCUT2D eigenvalue weighted by Crippen LogP contribution is -2.15. The van der Waals surface area contributed by atoms with Gasteiger partial charge in [0.15, 0.2) is 0 Å². The average molecular weight is 329 g/mol. The van der Waals surface area contributed by atoms with Crippen LogP contribution in [0.2, 0.25) is 0 Å². The molecule has 1 aromatic carbocycles. The van der Waals surface area contributed by atoms with Crippen molar-refractivity contribution >= 4 is 11.6 Å². The third-order valence-electron chi connectivity index (χ3n) is 3.92. The molecule has 1 aliphatic heterocycles. The zero-order valence-electron chi connectivity index (χ0n) is 13.7. The van der Waals surface area contributed by atoms with E-state index in [-0.39, 0.29) is 12.0 Å². The number of carbonyl (C=O) groups is 1. The predicted molar refractivity (Wildman–Crippen MR) is 90.5 cm³/mol. The number of hydrogen-bond donors (Lipinski definition) is 1. The molecule has 2 aromatic rings. The molecule has 0 radical (unpaired) electrons. The normalized spacial score (nSPS) is 17.1. The van der Waals surface area contributed by atoms with E-state index in [1.165, 1.54) is 0 Å². The second-order valence-electron chi connectivity index (χ2n) is 5.92. The Balaban J connectivity index is 1.35. The SMILES string of the molecule is O=C(CCOCc1ccccc1)Nc1cnn(C[C@H]2CCCO2)c1. The number of aromatic nitrogens is 2. The van der Waals surface area contributed by atoms with Gasteiger partial charge in [0.05, 0.1) is 44.2 Å². The van der Waals surface area contributed by atoms with Gasteiger partial charge in [-0.3, -0.25) is 9.48 Å². The summed E-state index contributed by atoms with van der Waals surface area (Å²) >= 11 is 0. The van der Waals surface area contributed by atoms with Crippen molar-refractivity contribution in [1.82, 2.24) is 9.78 Å². The molecule has 24 heavy (non-hydrogen) atoms. The molecule has 0 bridgehead atoms. The maximum absolute atomic E-state index is 11.9. The highest BCUT2D eigenvalue weighted by molar-refractivity contribution is 5.90. The van der Waals surface area contributed by atoms with Gasteiger partial charge in [0.25, 0.3) is 0 Å². The van der Waals surface area contributed by atoms with Crippen LogP contribution in [0, 0.1) is 0 Å². The Morgan fingerprint density at radius 1 is 1.38 bits per heavy atom. The summed E-state index contributed by atoms with van der Waals surface area (Å²) < 4.78 is 12.9. The average Bonchev–Trinajstić information content (AvgIpc) is 3.25. The summed E-state index contributed by atoms with van der Waals surface area (Å²) in [6, 6.07) is 9.92. The van der Waals surface area contributed by atoms with E-state index in [2.05, 4.69) is 10.4 Å². The van der Waals surface area contributed by atoms with Crippen LogP contribution >= 0.6 is 0 Å². The van der Waals surface area contributed by atoms with Crippen LogP contribution in [0.4, 0.5) is 5.69 Å². The van der Waals surface area contributed by atoms with Crippen molar-refractivity contribution in [3.05, 3.63) is 48.3 Å². The summed E-state index contributed by atoms with van der Waals surface area (Å²) in [5.41, 5.74) is 1.81. The maximum Gasteiger partial charge on any atom is 0.226 e. The third kappa shape index (κ3) is 5.18. The Hall–Kier alpha value is -2.18. The molecule has 3 rings (SSSR count). The number of benzene rings is 1. The van der Waals surface area contributed by atoms with Crippen molar-refractivity contribution in [3.63, 3.8) is 0 Å². The maximum atomic E-state index is 11.9. The molecule has 0 saturated carbocycles.